The van der Waals surface area contributed by atoms with E-state index in [0.29, 0.717) is 46.3 Å². The van der Waals surface area contributed by atoms with E-state index in [4.69, 9.17) is 13.9 Å². The van der Waals surface area contributed by atoms with Gasteiger partial charge in [0.2, 0.25) is 5.89 Å². The van der Waals surface area contributed by atoms with Gasteiger partial charge >= 0.3 is 0 Å². The number of hydrogen-bond acceptors (Lipinski definition) is 6. The van der Waals surface area contributed by atoms with Crippen molar-refractivity contribution in [1.82, 2.24) is 10.2 Å². The third-order valence-electron chi connectivity index (χ3n) is 2.62. The number of benzene rings is 1. The van der Waals surface area contributed by atoms with Crippen molar-refractivity contribution in [2.24, 2.45) is 0 Å². The van der Waals surface area contributed by atoms with Crippen LogP contribution in [0, 0.1) is 0 Å². The number of nitrogens with zero attached hydrogens (tertiary/aromatic N) is 2. The molecule has 1 aromatic heterocycles. The molecule has 0 unspecified atom stereocenters. The standard InChI is InChI=1S/C14H15BrN2O4/c1-3-12-16-17-13(21-12)8-20-14-10(15)5-9(7-18)6-11(14)19-4-2/h5-7H,3-4,8H2,1-2H3. The molecule has 2 aromatic rings. The van der Waals surface area contributed by atoms with Crippen LogP contribution in [-0.2, 0) is 13.0 Å². The first-order chi connectivity index (χ1) is 10.2. The van der Waals surface area contributed by atoms with E-state index in [1.165, 1.54) is 0 Å². The predicted octanol–water partition coefficient (Wildman–Crippen LogP) is 3.18. The summed E-state index contributed by atoms with van der Waals surface area (Å²) in [4.78, 5) is 10.9. The van der Waals surface area contributed by atoms with E-state index in [1.54, 1.807) is 12.1 Å². The van der Waals surface area contributed by atoms with Crippen molar-refractivity contribution < 1.29 is 18.7 Å². The van der Waals surface area contributed by atoms with E-state index in [1.807, 2.05) is 13.8 Å². The molecule has 1 aromatic carbocycles. The Morgan fingerprint density at radius 3 is 2.62 bits per heavy atom. The summed E-state index contributed by atoms with van der Waals surface area (Å²) in [6, 6.07) is 3.29. The second kappa shape index (κ2) is 7.21. The molecule has 0 bridgehead atoms. The average molecular weight is 355 g/mol. The number of carbonyl (C=O) groups excluding carboxylic acids is 1. The smallest absolute Gasteiger partial charge is 0.253 e. The fraction of sp³-hybridized carbons (Fsp3) is 0.357. The third kappa shape index (κ3) is 3.81. The summed E-state index contributed by atoms with van der Waals surface area (Å²) >= 11 is 3.37. The topological polar surface area (TPSA) is 74.5 Å². The Labute approximate surface area is 130 Å². The highest BCUT2D eigenvalue weighted by molar-refractivity contribution is 9.10. The van der Waals surface area contributed by atoms with Gasteiger partial charge in [0.25, 0.3) is 5.89 Å². The highest BCUT2D eigenvalue weighted by atomic mass is 79.9. The van der Waals surface area contributed by atoms with Gasteiger partial charge in [0.1, 0.15) is 6.29 Å². The van der Waals surface area contributed by atoms with E-state index in [0.717, 1.165) is 6.29 Å². The molecule has 7 heteroatoms. The molecular weight excluding hydrogens is 340 g/mol. The van der Waals surface area contributed by atoms with Gasteiger partial charge in [-0.2, -0.15) is 0 Å². The number of aldehydes is 1. The maximum Gasteiger partial charge on any atom is 0.253 e. The van der Waals surface area contributed by atoms with Crippen molar-refractivity contribution in [3.8, 4) is 11.5 Å². The lowest BCUT2D eigenvalue weighted by molar-refractivity contribution is 0.112. The van der Waals surface area contributed by atoms with Gasteiger partial charge < -0.3 is 13.9 Å². The van der Waals surface area contributed by atoms with Gasteiger partial charge in [0.05, 0.1) is 11.1 Å². The number of rotatable bonds is 7. The zero-order chi connectivity index (χ0) is 15.2. The Morgan fingerprint density at radius 1 is 1.24 bits per heavy atom. The van der Waals surface area contributed by atoms with Gasteiger partial charge in [-0.15, -0.1) is 10.2 Å². The van der Waals surface area contributed by atoms with Crippen molar-refractivity contribution in [2.45, 2.75) is 26.9 Å². The molecular formula is C14H15BrN2O4. The third-order valence-corrected chi connectivity index (χ3v) is 3.21. The van der Waals surface area contributed by atoms with E-state index >= 15 is 0 Å². The van der Waals surface area contributed by atoms with Gasteiger partial charge in [-0.1, -0.05) is 6.92 Å². The lowest BCUT2D eigenvalue weighted by atomic mass is 10.2. The minimum absolute atomic E-state index is 0.131. The van der Waals surface area contributed by atoms with E-state index < -0.39 is 0 Å². The van der Waals surface area contributed by atoms with Crippen molar-refractivity contribution in [3.63, 3.8) is 0 Å². The van der Waals surface area contributed by atoms with Crippen molar-refractivity contribution in [3.05, 3.63) is 34.0 Å². The van der Waals surface area contributed by atoms with Crippen LogP contribution in [0.3, 0.4) is 0 Å². The lowest BCUT2D eigenvalue weighted by Crippen LogP contribution is -2.01. The van der Waals surface area contributed by atoms with Gasteiger partial charge in [-0.3, -0.25) is 4.79 Å². The molecule has 0 N–H and O–H groups in total. The van der Waals surface area contributed by atoms with Crippen LogP contribution in [0.15, 0.2) is 21.0 Å². The van der Waals surface area contributed by atoms with Crippen LogP contribution < -0.4 is 9.47 Å². The second-order valence-electron chi connectivity index (χ2n) is 4.11. The molecule has 0 amide bonds. The number of ether oxygens (including phenoxy) is 2. The minimum Gasteiger partial charge on any atom is -0.490 e. The van der Waals surface area contributed by atoms with E-state index in [-0.39, 0.29) is 6.61 Å². The van der Waals surface area contributed by atoms with Crippen LogP contribution in [0.2, 0.25) is 0 Å². The summed E-state index contributed by atoms with van der Waals surface area (Å²) in [5.74, 6) is 1.94. The first-order valence-corrected chi connectivity index (χ1v) is 7.32. The lowest BCUT2D eigenvalue weighted by Gasteiger charge is -2.13. The fourth-order valence-electron chi connectivity index (χ4n) is 1.68. The Hall–Kier alpha value is -1.89. The van der Waals surface area contributed by atoms with Crippen LogP contribution in [-0.4, -0.2) is 23.1 Å². The molecule has 0 radical (unpaired) electrons. The summed E-state index contributed by atoms with van der Waals surface area (Å²) in [7, 11) is 0. The SMILES string of the molecule is CCOc1cc(C=O)cc(Br)c1OCc1nnc(CC)o1. The van der Waals surface area contributed by atoms with Crippen LogP contribution in [0.4, 0.5) is 0 Å². The largest absolute Gasteiger partial charge is 0.490 e. The summed E-state index contributed by atoms with van der Waals surface area (Å²) in [5, 5.41) is 7.76. The van der Waals surface area contributed by atoms with Crippen molar-refractivity contribution >= 4 is 22.2 Å². The number of halogens is 1. The molecule has 1 heterocycles. The van der Waals surface area contributed by atoms with Crippen LogP contribution >= 0.6 is 15.9 Å². The molecule has 2 rings (SSSR count). The van der Waals surface area contributed by atoms with Crippen molar-refractivity contribution in [2.75, 3.05) is 6.61 Å². The van der Waals surface area contributed by atoms with Gasteiger partial charge in [0, 0.05) is 12.0 Å². The normalized spacial score (nSPS) is 10.4. The Balaban J connectivity index is 2.19. The molecule has 0 spiro atoms. The fourth-order valence-corrected chi connectivity index (χ4v) is 2.26. The zero-order valence-electron chi connectivity index (χ0n) is 11.8. The molecule has 0 aliphatic rings. The van der Waals surface area contributed by atoms with Crippen LogP contribution in [0.25, 0.3) is 0 Å². The Morgan fingerprint density at radius 2 is 2.00 bits per heavy atom. The molecule has 6 nitrogen and oxygen atoms in total. The molecule has 0 aliphatic heterocycles. The summed E-state index contributed by atoms with van der Waals surface area (Å²) in [6.45, 7) is 4.38. The Kier molecular flexibility index (Phi) is 5.32. The highest BCUT2D eigenvalue weighted by Crippen LogP contribution is 2.37. The molecule has 0 atom stereocenters. The second-order valence-corrected chi connectivity index (χ2v) is 4.97. The minimum atomic E-state index is 0.131. The molecule has 0 saturated heterocycles. The molecule has 0 saturated carbocycles. The molecule has 21 heavy (non-hydrogen) atoms. The first-order valence-electron chi connectivity index (χ1n) is 6.53. The van der Waals surface area contributed by atoms with Crippen LogP contribution in [0.5, 0.6) is 11.5 Å². The van der Waals surface area contributed by atoms with Gasteiger partial charge in [-0.25, -0.2) is 0 Å². The van der Waals surface area contributed by atoms with Gasteiger partial charge in [0.15, 0.2) is 18.1 Å². The maximum absolute atomic E-state index is 10.9. The summed E-state index contributed by atoms with van der Waals surface area (Å²) < 4.78 is 17.2. The summed E-state index contributed by atoms with van der Waals surface area (Å²) in [6.07, 6.45) is 1.43. The number of hydrogen-bond donors (Lipinski definition) is 0. The first kappa shape index (κ1) is 15.5. The number of carbonyl (C=O) groups is 1. The van der Waals surface area contributed by atoms with Gasteiger partial charge in [-0.05, 0) is 35.0 Å². The molecule has 0 fully saturated rings. The summed E-state index contributed by atoms with van der Waals surface area (Å²) in [5.41, 5.74) is 0.503. The Bertz CT molecular complexity index is 627. The molecule has 0 aliphatic carbocycles. The number of aromatic nitrogens is 2. The highest BCUT2D eigenvalue weighted by Gasteiger charge is 2.14. The number of aryl methyl sites for hydroxylation is 1. The zero-order valence-corrected chi connectivity index (χ0v) is 13.3. The van der Waals surface area contributed by atoms with Crippen LogP contribution in [0.1, 0.15) is 36.0 Å². The van der Waals surface area contributed by atoms with E-state index in [2.05, 4.69) is 26.1 Å². The average Bonchev–Trinajstić information content (AvgIpc) is 2.94. The van der Waals surface area contributed by atoms with Crippen molar-refractivity contribution in [1.29, 1.82) is 0 Å². The predicted molar refractivity (Wildman–Crippen MR) is 78.7 cm³/mol. The maximum atomic E-state index is 10.9. The quantitative estimate of drug-likeness (QED) is 0.710. The van der Waals surface area contributed by atoms with E-state index in [9.17, 15) is 4.79 Å². The molecule has 112 valence electrons. The monoisotopic (exact) mass is 354 g/mol.